The van der Waals surface area contributed by atoms with E-state index in [1.54, 1.807) is 26.8 Å². The molecule has 0 saturated carbocycles. The predicted molar refractivity (Wildman–Crippen MR) is 74.3 cm³/mol. The van der Waals surface area contributed by atoms with E-state index >= 15 is 0 Å². The molecule has 0 aliphatic heterocycles. The highest BCUT2D eigenvalue weighted by Crippen LogP contribution is 2.16. The standard InChI is InChI=1S/C15H21NO4/c1-10-6-5-7-12(16-10)8-11(14(18)19)9-13(17)20-15(2,3)4/h5-7,11H,8-9H2,1-4H3,(H,18,19)/t11-/m1/s1. The van der Waals surface area contributed by atoms with E-state index in [2.05, 4.69) is 4.98 Å². The number of aryl methyl sites for hydroxylation is 1. The van der Waals surface area contributed by atoms with Gasteiger partial charge in [0.1, 0.15) is 5.60 Å². The van der Waals surface area contributed by atoms with E-state index in [9.17, 15) is 14.7 Å². The van der Waals surface area contributed by atoms with Gasteiger partial charge in [0.15, 0.2) is 0 Å². The first-order valence-electron chi connectivity index (χ1n) is 6.54. The summed E-state index contributed by atoms with van der Waals surface area (Å²) in [7, 11) is 0. The molecule has 5 heteroatoms. The third kappa shape index (κ3) is 5.82. The molecule has 0 aliphatic carbocycles. The van der Waals surface area contributed by atoms with Crippen molar-refractivity contribution in [3.05, 3.63) is 29.6 Å². The lowest BCUT2D eigenvalue weighted by Gasteiger charge is -2.21. The molecule has 1 heterocycles. The molecule has 0 amide bonds. The van der Waals surface area contributed by atoms with E-state index in [1.807, 2.05) is 19.1 Å². The van der Waals surface area contributed by atoms with Crippen molar-refractivity contribution >= 4 is 11.9 Å². The molecule has 0 fully saturated rings. The van der Waals surface area contributed by atoms with E-state index in [1.165, 1.54) is 0 Å². The van der Waals surface area contributed by atoms with Crippen molar-refractivity contribution in [2.24, 2.45) is 5.92 Å². The Morgan fingerprint density at radius 3 is 2.50 bits per heavy atom. The quantitative estimate of drug-likeness (QED) is 0.837. The summed E-state index contributed by atoms with van der Waals surface area (Å²) < 4.78 is 5.16. The summed E-state index contributed by atoms with van der Waals surface area (Å²) in [5.74, 6) is -2.34. The molecule has 1 aromatic heterocycles. The van der Waals surface area contributed by atoms with Crippen molar-refractivity contribution in [3.8, 4) is 0 Å². The van der Waals surface area contributed by atoms with Gasteiger partial charge in [-0.15, -0.1) is 0 Å². The Kier molecular flexibility index (Phi) is 5.25. The molecule has 0 spiro atoms. The molecule has 1 aromatic rings. The second-order valence-corrected chi connectivity index (χ2v) is 5.80. The zero-order valence-electron chi connectivity index (χ0n) is 12.3. The van der Waals surface area contributed by atoms with Crippen LogP contribution in [0.1, 0.15) is 38.6 Å². The van der Waals surface area contributed by atoms with Crippen LogP contribution in [0.25, 0.3) is 0 Å². The number of hydrogen-bond donors (Lipinski definition) is 1. The van der Waals surface area contributed by atoms with Gasteiger partial charge in [-0.2, -0.15) is 0 Å². The third-order valence-electron chi connectivity index (χ3n) is 2.58. The molecule has 0 unspecified atom stereocenters. The van der Waals surface area contributed by atoms with Gasteiger partial charge < -0.3 is 9.84 Å². The summed E-state index contributed by atoms with van der Waals surface area (Å²) >= 11 is 0. The Hall–Kier alpha value is -1.91. The van der Waals surface area contributed by atoms with Gasteiger partial charge >= 0.3 is 11.9 Å². The molecular weight excluding hydrogens is 258 g/mol. The fourth-order valence-electron chi connectivity index (χ4n) is 1.80. The monoisotopic (exact) mass is 279 g/mol. The van der Waals surface area contributed by atoms with Gasteiger partial charge in [-0.05, 0) is 39.8 Å². The average Bonchev–Trinajstić information content (AvgIpc) is 2.25. The van der Waals surface area contributed by atoms with Crippen LogP contribution in [0.2, 0.25) is 0 Å². The van der Waals surface area contributed by atoms with Gasteiger partial charge in [-0.1, -0.05) is 6.07 Å². The average molecular weight is 279 g/mol. The van der Waals surface area contributed by atoms with Crippen LogP contribution in [0.3, 0.4) is 0 Å². The first-order valence-corrected chi connectivity index (χ1v) is 6.54. The fourth-order valence-corrected chi connectivity index (χ4v) is 1.80. The topological polar surface area (TPSA) is 76.5 Å². The minimum absolute atomic E-state index is 0.151. The lowest BCUT2D eigenvalue weighted by molar-refractivity contribution is -0.159. The van der Waals surface area contributed by atoms with Gasteiger partial charge in [-0.25, -0.2) is 0 Å². The van der Waals surface area contributed by atoms with Crippen molar-refractivity contribution < 1.29 is 19.4 Å². The molecule has 1 atom stereocenters. The number of aliphatic carboxylic acids is 1. The first kappa shape index (κ1) is 16.1. The van der Waals surface area contributed by atoms with E-state index in [0.29, 0.717) is 5.69 Å². The summed E-state index contributed by atoms with van der Waals surface area (Å²) in [5.41, 5.74) is 0.881. The van der Waals surface area contributed by atoms with Gasteiger partial charge in [-0.3, -0.25) is 14.6 Å². The van der Waals surface area contributed by atoms with E-state index < -0.39 is 23.5 Å². The van der Waals surface area contributed by atoms with Crippen molar-refractivity contribution in [2.45, 2.75) is 46.1 Å². The number of ether oxygens (including phenoxy) is 1. The highest BCUT2D eigenvalue weighted by atomic mass is 16.6. The van der Waals surface area contributed by atoms with Crippen LogP contribution in [0.4, 0.5) is 0 Å². The third-order valence-corrected chi connectivity index (χ3v) is 2.58. The maximum atomic E-state index is 11.7. The number of esters is 1. The maximum Gasteiger partial charge on any atom is 0.307 e. The fraction of sp³-hybridized carbons (Fsp3) is 0.533. The smallest absolute Gasteiger partial charge is 0.307 e. The second kappa shape index (κ2) is 6.50. The number of carbonyl (C=O) groups excluding carboxylic acids is 1. The molecule has 20 heavy (non-hydrogen) atoms. The second-order valence-electron chi connectivity index (χ2n) is 5.80. The van der Waals surface area contributed by atoms with Gasteiger partial charge in [0.05, 0.1) is 12.3 Å². The van der Waals surface area contributed by atoms with E-state index in [-0.39, 0.29) is 12.8 Å². The summed E-state index contributed by atoms with van der Waals surface area (Å²) in [4.78, 5) is 27.2. The Morgan fingerprint density at radius 2 is 2.00 bits per heavy atom. The first-order chi connectivity index (χ1) is 9.17. The van der Waals surface area contributed by atoms with Crippen LogP contribution in [0, 0.1) is 12.8 Å². The molecule has 0 aliphatic rings. The lowest BCUT2D eigenvalue weighted by atomic mass is 9.99. The molecule has 0 saturated heterocycles. The molecular formula is C15H21NO4. The van der Waals surface area contributed by atoms with E-state index in [0.717, 1.165) is 5.69 Å². The van der Waals surface area contributed by atoms with Gasteiger partial charge in [0.2, 0.25) is 0 Å². The van der Waals surface area contributed by atoms with Crippen LogP contribution >= 0.6 is 0 Å². The normalized spacial score (nSPS) is 12.8. The highest BCUT2D eigenvalue weighted by molar-refractivity contribution is 5.79. The van der Waals surface area contributed by atoms with Gasteiger partial charge in [0.25, 0.3) is 0 Å². The number of aromatic nitrogens is 1. The minimum Gasteiger partial charge on any atom is -0.481 e. The summed E-state index contributed by atoms with van der Waals surface area (Å²) in [6.07, 6.45) is 0.0679. The van der Waals surface area contributed by atoms with Gasteiger partial charge in [0, 0.05) is 17.8 Å². The van der Waals surface area contributed by atoms with Crippen molar-refractivity contribution in [3.63, 3.8) is 0 Å². The molecule has 0 bridgehead atoms. The number of rotatable bonds is 5. The number of carbonyl (C=O) groups is 2. The van der Waals surface area contributed by atoms with Crippen molar-refractivity contribution in [1.82, 2.24) is 4.98 Å². The predicted octanol–water partition coefficient (Wildman–Crippen LogP) is 2.37. The Balaban J connectivity index is 2.71. The minimum atomic E-state index is -1.01. The van der Waals surface area contributed by atoms with Crippen LogP contribution in [0.15, 0.2) is 18.2 Å². The number of hydrogen-bond acceptors (Lipinski definition) is 4. The molecule has 5 nitrogen and oxygen atoms in total. The lowest BCUT2D eigenvalue weighted by Crippen LogP contribution is -2.28. The molecule has 110 valence electrons. The molecule has 1 N–H and O–H groups in total. The van der Waals surface area contributed by atoms with Crippen molar-refractivity contribution in [1.29, 1.82) is 0 Å². The summed E-state index contributed by atoms with van der Waals surface area (Å²) in [6.45, 7) is 7.10. The Morgan fingerprint density at radius 1 is 1.35 bits per heavy atom. The number of carboxylic acid groups (broad SMARTS) is 1. The zero-order chi connectivity index (χ0) is 15.3. The number of carboxylic acids is 1. The van der Waals surface area contributed by atoms with Crippen LogP contribution < -0.4 is 0 Å². The summed E-state index contributed by atoms with van der Waals surface area (Å²) in [6, 6.07) is 5.43. The maximum absolute atomic E-state index is 11.7. The Bertz CT molecular complexity index is 491. The molecule has 1 rings (SSSR count). The number of pyridine rings is 1. The summed E-state index contributed by atoms with van der Waals surface area (Å²) in [5, 5.41) is 9.22. The van der Waals surface area contributed by atoms with Crippen LogP contribution in [-0.2, 0) is 20.7 Å². The molecule has 0 aromatic carbocycles. The van der Waals surface area contributed by atoms with Crippen LogP contribution in [0.5, 0.6) is 0 Å². The highest BCUT2D eigenvalue weighted by Gasteiger charge is 2.25. The van der Waals surface area contributed by atoms with E-state index in [4.69, 9.17) is 4.74 Å². The zero-order valence-corrected chi connectivity index (χ0v) is 12.3. The molecule has 0 radical (unpaired) electrons. The Labute approximate surface area is 119 Å². The SMILES string of the molecule is Cc1cccc(C[C@H](CC(=O)OC(C)(C)C)C(=O)O)n1. The largest absolute Gasteiger partial charge is 0.481 e. The number of nitrogens with zero attached hydrogens (tertiary/aromatic N) is 1. The van der Waals surface area contributed by atoms with Crippen LogP contribution in [-0.4, -0.2) is 27.6 Å². The van der Waals surface area contributed by atoms with Crippen molar-refractivity contribution in [2.75, 3.05) is 0 Å².